The minimum absolute atomic E-state index is 0.137. The second-order valence-electron chi connectivity index (χ2n) is 9.22. The molecule has 3 heteroatoms. The Morgan fingerprint density at radius 2 is 1.26 bits per heavy atom. The van der Waals surface area contributed by atoms with Gasteiger partial charge in [-0.1, -0.05) is 126 Å². The van der Waals surface area contributed by atoms with Crippen LogP contribution in [0.3, 0.4) is 0 Å². The lowest BCUT2D eigenvalue weighted by Crippen LogP contribution is -2.14. The first-order chi connectivity index (χ1) is 16.8. The molecule has 1 amide bonds. The van der Waals surface area contributed by atoms with Crippen LogP contribution in [0.15, 0.2) is 66.7 Å². The van der Waals surface area contributed by atoms with Gasteiger partial charge in [-0.3, -0.25) is 4.79 Å². The van der Waals surface area contributed by atoms with E-state index in [-0.39, 0.29) is 5.91 Å². The fraction of sp³-hybridized carbons (Fsp3) is 0.452. The molecule has 3 rings (SSSR count). The smallest absolute Gasteiger partial charge is 0.259 e. The Morgan fingerprint density at radius 1 is 0.676 bits per heavy atom. The van der Waals surface area contributed by atoms with E-state index in [1.807, 2.05) is 60.7 Å². The number of hydrogen-bond acceptors (Lipinski definition) is 2. The third-order valence-electron chi connectivity index (χ3n) is 6.40. The van der Waals surface area contributed by atoms with Gasteiger partial charge in [0.05, 0.1) is 12.2 Å². The third kappa shape index (κ3) is 8.52. The lowest BCUT2D eigenvalue weighted by atomic mass is 10.0. The summed E-state index contributed by atoms with van der Waals surface area (Å²) in [6.45, 7) is 2.91. The zero-order valence-corrected chi connectivity index (χ0v) is 20.9. The summed E-state index contributed by atoms with van der Waals surface area (Å²) in [5.74, 6) is 0.552. The first-order valence-electron chi connectivity index (χ1n) is 13.3. The Bertz CT molecular complexity index is 983. The summed E-state index contributed by atoms with van der Waals surface area (Å²) in [7, 11) is 0. The summed E-state index contributed by atoms with van der Waals surface area (Å²) in [6.07, 6.45) is 15.8. The molecule has 0 saturated heterocycles. The van der Waals surface area contributed by atoms with Crippen molar-refractivity contribution >= 4 is 22.4 Å². The van der Waals surface area contributed by atoms with Crippen molar-refractivity contribution in [3.05, 3.63) is 72.3 Å². The van der Waals surface area contributed by atoms with Crippen LogP contribution in [-0.2, 0) is 0 Å². The van der Waals surface area contributed by atoms with Crippen molar-refractivity contribution in [1.29, 1.82) is 0 Å². The van der Waals surface area contributed by atoms with Crippen molar-refractivity contribution in [2.45, 2.75) is 84.0 Å². The molecule has 34 heavy (non-hydrogen) atoms. The van der Waals surface area contributed by atoms with Gasteiger partial charge in [-0.05, 0) is 30.0 Å². The van der Waals surface area contributed by atoms with E-state index in [1.165, 1.54) is 70.6 Å². The molecule has 1 N–H and O–H groups in total. The van der Waals surface area contributed by atoms with Crippen LogP contribution < -0.4 is 10.1 Å². The Kier molecular flexibility index (Phi) is 11.5. The Morgan fingerprint density at radius 3 is 1.94 bits per heavy atom. The zero-order valence-electron chi connectivity index (χ0n) is 20.9. The Labute approximate surface area is 205 Å². The summed E-state index contributed by atoms with van der Waals surface area (Å²) < 4.78 is 6.24. The highest BCUT2D eigenvalue weighted by molar-refractivity contribution is 6.10. The highest BCUT2D eigenvalue weighted by atomic mass is 16.5. The van der Waals surface area contributed by atoms with Gasteiger partial charge in [-0.2, -0.15) is 0 Å². The molecule has 0 aliphatic rings. The maximum Gasteiger partial charge on any atom is 0.259 e. The van der Waals surface area contributed by atoms with E-state index in [0.29, 0.717) is 17.9 Å². The van der Waals surface area contributed by atoms with Crippen molar-refractivity contribution < 1.29 is 9.53 Å². The van der Waals surface area contributed by atoms with Gasteiger partial charge < -0.3 is 10.1 Å². The molecular weight excluding hydrogens is 418 g/mol. The first-order valence-corrected chi connectivity index (χ1v) is 13.3. The van der Waals surface area contributed by atoms with Gasteiger partial charge in [-0.25, -0.2) is 0 Å². The number of benzene rings is 3. The number of amides is 1. The van der Waals surface area contributed by atoms with Crippen molar-refractivity contribution in [3.63, 3.8) is 0 Å². The fourth-order valence-corrected chi connectivity index (χ4v) is 4.41. The predicted molar refractivity (Wildman–Crippen MR) is 145 cm³/mol. The summed E-state index contributed by atoms with van der Waals surface area (Å²) in [5.41, 5.74) is 1.37. The Hall–Kier alpha value is -2.81. The van der Waals surface area contributed by atoms with Gasteiger partial charge in [-0.15, -0.1) is 0 Å². The van der Waals surface area contributed by atoms with Gasteiger partial charge in [0, 0.05) is 11.1 Å². The van der Waals surface area contributed by atoms with Gasteiger partial charge in [0.1, 0.15) is 5.75 Å². The van der Waals surface area contributed by atoms with Gasteiger partial charge in [0.15, 0.2) is 0 Å². The molecule has 3 nitrogen and oxygen atoms in total. The summed E-state index contributed by atoms with van der Waals surface area (Å²) in [4.78, 5) is 13.0. The van der Waals surface area contributed by atoms with E-state index >= 15 is 0 Å². The molecule has 0 aromatic heterocycles. The summed E-state index contributed by atoms with van der Waals surface area (Å²) in [6, 6.07) is 21.5. The van der Waals surface area contributed by atoms with Crippen LogP contribution in [-0.4, -0.2) is 12.5 Å². The van der Waals surface area contributed by atoms with Crippen molar-refractivity contribution in [2.75, 3.05) is 11.9 Å². The number of anilines is 1. The van der Waals surface area contributed by atoms with Crippen LogP contribution in [0, 0.1) is 0 Å². The number of hydrogen-bond donors (Lipinski definition) is 1. The standard InChI is InChI=1S/C31H41NO2/c1-2-3-4-5-6-7-8-9-10-11-12-18-25-34-30-28-22-17-16-19-26(28)23-24-29(30)31(33)32-27-20-14-13-15-21-27/h13-17,19-24H,2-12,18,25H2,1H3,(H,32,33). The monoisotopic (exact) mass is 459 g/mol. The molecule has 0 atom stereocenters. The van der Waals surface area contributed by atoms with Crippen LogP contribution in [0.1, 0.15) is 94.3 Å². The van der Waals surface area contributed by atoms with E-state index < -0.39 is 0 Å². The average Bonchev–Trinajstić information content (AvgIpc) is 2.87. The van der Waals surface area contributed by atoms with Crippen LogP contribution >= 0.6 is 0 Å². The highest BCUT2D eigenvalue weighted by Gasteiger charge is 2.16. The molecule has 3 aromatic carbocycles. The normalized spacial score (nSPS) is 11.0. The fourth-order valence-electron chi connectivity index (χ4n) is 4.41. The molecule has 0 saturated carbocycles. The third-order valence-corrected chi connectivity index (χ3v) is 6.40. The van der Waals surface area contributed by atoms with E-state index in [4.69, 9.17) is 4.74 Å². The van der Waals surface area contributed by atoms with Gasteiger partial charge >= 0.3 is 0 Å². The SMILES string of the molecule is CCCCCCCCCCCCCCOc1c(C(=O)Nc2ccccc2)ccc2ccccc12. The number of carbonyl (C=O) groups is 1. The molecule has 0 spiro atoms. The Balaban J connectivity index is 1.44. The van der Waals surface area contributed by atoms with E-state index in [2.05, 4.69) is 18.3 Å². The molecule has 0 radical (unpaired) electrons. The first kappa shape index (κ1) is 25.8. The minimum Gasteiger partial charge on any atom is -0.492 e. The number of ether oxygens (including phenoxy) is 1. The lowest BCUT2D eigenvalue weighted by molar-refractivity contribution is 0.102. The lowest BCUT2D eigenvalue weighted by Gasteiger charge is -2.15. The topological polar surface area (TPSA) is 38.3 Å². The minimum atomic E-state index is -0.137. The molecule has 0 unspecified atom stereocenters. The number of nitrogens with one attached hydrogen (secondary N) is 1. The van der Waals surface area contributed by atoms with Crippen LogP contribution in [0.25, 0.3) is 10.8 Å². The highest BCUT2D eigenvalue weighted by Crippen LogP contribution is 2.31. The van der Waals surface area contributed by atoms with Crippen LogP contribution in [0.5, 0.6) is 5.75 Å². The number of unbranched alkanes of at least 4 members (excludes halogenated alkanes) is 11. The molecule has 3 aromatic rings. The molecule has 182 valence electrons. The molecule has 0 aliphatic heterocycles. The number of rotatable bonds is 16. The average molecular weight is 460 g/mol. The van der Waals surface area contributed by atoms with Crippen LogP contribution in [0.4, 0.5) is 5.69 Å². The summed E-state index contributed by atoms with van der Waals surface area (Å²) in [5, 5.41) is 5.07. The molecule has 0 bridgehead atoms. The maximum atomic E-state index is 13.0. The molecule has 0 aliphatic carbocycles. The zero-order chi connectivity index (χ0) is 23.8. The summed E-state index contributed by atoms with van der Waals surface area (Å²) >= 11 is 0. The second-order valence-corrected chi connectivity index (χ2v) is 9.22. The van der Waals surface area contributed by atoms with Crippen molar-refractivity contribution in [3.8, 4) is 5.75 Å². The largest absolute Gasteiger partial charge is 0.492 e. The molecular formula is C31H41NO2. The van der Waals surface area contributed by atoms with Gasteiger partial charge in [0.2, 0.25) is 0 Å². The number of carbonyl (C=O) groups excluding carboxylic acids is 1. The van der Waals surface area contributed by atoms with E-state index in [9.17, 15) is 4.79 Å². The number of para-hydroxylation sites is 1. The van der Waals surface area contributed by atoms with Crippen molar-refractivity contribution in [1.82, 2.24) is 0 Å². The molecule has 0 fully saturated rings. The van der Waals surface area contributed by atoms with Gasteiger partial charge in [0.25, 0.3) is 5.91 Å². The number of fused-ring (bicyclic) bond motifs is 1. The molecule has 0 heterocycles. The maximum absolute atomic E-state index is 13.0. The quantitative estimate of drug-likeness (QED) is 0.217. The predicted octanol–water partition coefficient (Wildman–Crippen LogP) is 9.17. The van der Waals surface area contributed by atoms with Crippen molar-refractivity contribution in [2.24, 2.45) is 0 Å². The van der Waals surface area contributed by atoms with E-state index in [1.54, 1.807) is 0 Å². The van der Waals surface area contributed by atoms with Crippen LogP contribution in [0.2, 0.25) is 0 Å². The second kappa shape index (κ2) is 15.2. The van der Waals surface area contributed by atoms with E-state index in [0.717, 1.165) is 22.9 Å².